The van der Waals surface area contributed by atoms with Crippen LogP contribution in [0.5, 0.6) is 0 Å². The number of halogens is 1. The van der Waals surface area contributed by atoms with Gasteiger partial charge >= 0.3 is 0 Å². The zero-order valence-corrected chi connectivity index (χ0v) is 11.2. The predicted molar refractivity (Wildman–Crippen MR) is 69.7 cm³/mol. The van der Waals surface area contributed by atoms with Crippen molar-refractivity contribution in [2.45, 2.75) is 26.2 Å². The highest BCUT2D eigenvalue weighted by molar-refractivity contribution is 5.82. The van der Waals surface area contributed by atoms with E-state index in [0.29, 0.717) is 11.5 Å². The van der Waals surface area contributed by atoms with Gasteiger partial charge in [-0.3, -0.25) is 4.79 Å². The lowest BCUT2D eigenvalue weighted by molar-refractivity contribution is -0.131. The normalized spacial score (nSPS) is 22.1. The lowest BCUT2D eigenvalue weighted by Gasteiger charge is -2.19. The highest BCUT2D eigenvalue weighted by Crippen LogP contribution is 2.49. The van der Waals surface area contributed by atoms with Gasteiger partial charge in [-0.05, 0) is 29.9 Å². The van der Waals surface area contributed by atoms with Crippen LogP contribution in [0.25, 0.3) is 0 Å². The van der Waals surface area contributed by atoms with E-state index in [1.165, 1.54) is 6.07 Å². The number of nitrogens with zero attached hydrogens (tertiary/aromatic N) is 1. The molecule has 98 valence electrons. The second kappa shape index (κ2) is 5.09. The van der Waals surface area contributed by atoms with Crippen molar-refractivity contribution in [1.29, 1.82) is 0 Å². The van der Waals surface area contributed by atoms with Crippen LogP contribution >= 0.6 is 0 Å². The first kappa shape index (κ1) is 13.1. The Morgan fingerprint density at radius 2 is 2.11 bits per heavy atom. The molecule has 0 radical (unpaired) electrons. The smallest absolute Gasteiger partial charge is 0.226 e. The maximum absolute atomic E-state index is 13.6. The van der Waals surface area contributed by atoms with E-state index in [-0.39, 0.29) is 23.6 Å². The molecule has 1 aromatic carbocycles. The van der Waals surface area contributed by atoms with Gasteiger partial charge in [0.2, 0.25) is 5.91 Å². The van der Waals surface area contributed by atoms with E-state index in [1.54, 1.807) is 17.0 Å². The Balaban J connectivity index is 1.99. The lowest BCUT2D eigenvalue weighted by atomic mass is 10.1. The Kier molecular flexibility index (Phi) is 3.69. The Hall–Kier alpha value is -1.38. The fourth-order valence-electron chi connectivity index (χ4n) is 2.51. The van der Waals surface area contributed by atoms with E-state index in [2.05, 4.69) is 13.8 Å². The molecule has 1 fully saturated rings. The molecule has 0 bridgehead atoms. The monoisotopic (exact) mass is 249 g/mol. The van der Waals surface area contributed by atoms with Crippen molar-refractivity contribution in [1.82, 2.24) is 4.90 Å². The molecule has 2 rings (SSSR count). The van der Waals surface area contributed by atoms with Crippen molar-refractivity contribution in [3.63, 3.8) is 0 Å². The highest BCUT2D eigenvalue weighted by atomic mass is 19.1. The van der Waals surface area contributed by atoms with Crippen LogP contribution in [0.15, 0.2) is 24.3 Å². The third-order valence-corrected chi connectivity index (χ3v) is 3.43. The summed E-state index contributed by atoms with van der Waals surface area (Å²) in [6, 6.07) is 6.77. The molecule has 0 N–H and O–H groups in total. The van der Waals surface area contributed by atoms with E-state index in [4.69, 9.17) is 0 Å². The van der Waals surface area contributed by atoms with Crippen LogP contribution in [0, 0.1) is 17.7 Å². The van der Waals surface area contributed by atoms with Gasteiger partial charge in [0.25, 0.3) is 0 Å². The summed E-state index contributed by atoms with van der Waals surface area (Å²) in [4.78, 5) is 13.9. The number of benzene rings is 1. The van der Waals surface area contributed by atoms with Crippen molar-refractivity contribution in [2.75, 3.05) is 13.6 Å². The van der Waals surface area contributed by atoms with Crippen molar-refractivity contribution in [3.05, 3.63) is 35.6 Å². The molecule has 0 aromatic heterocycles. The third kappa shape index (κ3) is 2.71. The van der Waals surface area contributed by atoms with Gasteiger partial charge in [-0.2, -0.15) is 0 Å². The second-order valence-corrected chi connectivity index (χ2v) is 5.58. The summed E-state index contributed by atoms with van der Waals surface area (Å²) >= 11 is 0. The summed E-state index contributed by atoms with van der Waals surface area (Å²) < 4.78 is 13.6. The Labute approximate surface area is 108 Å². The molecule has 1 aliphatic rings. The zero-order chi connectivity index (χ0) is 13.3. The van der Waals surface area contributed by atoms with Crippen LogP contribution in [-0.2, 0) is 4.79 Å². The summed E-state index contributed by atoms with van der Waals surface area (Å²) in [5, 5.41) is 0. The molecule has 0 spiro atoms. The standard InChI is InChI=1S/C15H20FNO/c1-10(2)9-17(3)15(18)13-8-12(13)11-6-4-5-7-14(11)16/h4-7,10,12-13H,8-9H2,1-3H3. The third-order valence-electron chi connectivity index (χ3n) is 3.43. The Bertz CT molecular complexity index is 444. The predicted octanol–water partition coefficient (Wildman–Crippen LogP) is 3.04. The maximum atomic E-state index is 13.6. The van der Waals surface area contributed by atoms with E-state index in [0.717, 1.165) is 13.0 Å². The van der Waals surface area contributed by atoms with E-state index < -0.39 is 0 Å². The fraction of sp³-hybridized carbons (Fsp3) is 0.533. The van der Waals surface area contributed by atoms with Crippen LogP contribution in [0.2, 0.25) is 0 Å². The van der Waals surface area contributed by atoms with Crippen LogP contribution in [0.4, 0.5) is 4.39 Å². The topological polar surface area (TPSA) is 20.3 Å². The van der Waals surface area contributed by atoms with E-state index >= 15 is 0 Å². The Morgan fingerprint density at radius 3 is 2.72 bits per heavy atom. The molecule has 1 aromatic rings. The molecule has 2 atom stereocenters. The lowest BCUT2D eigenvalue weighted by Crippen LogP contribution is -2.31. The molecule has 1 aliphatic carbocycles. The average Bonchev–Trinajstić information content (AvgIpc) is 3.07. The fourth-order valence-corrected chi connectivity index (χ4v) is 2.51. The average molecular weight is 249 g/mol. The van der Waals surface area contributed by atoms with E-state index in [1.807, 2.05) is 13.1 Å². The van der Waals surface area contributed by atoms with Gasteiger partial charge in [0, 0.05) is 19.5 Å². The molecule has 0 saturated heterocycles. The molecule has 1 saturated carbocycles. The maximum Gasteiger partial charge on any atom is 0.226 e. The van der Waals surface area contributed by atoms with Crippen molar-refractivity contribution < 1.29 is 9.18 Å². The van der Waals surface area contributed by atoms with Gasteiger partial charge in [-0.1, -0.05) is 32.0 Å². The van der Waals surface area contributed by atoms with Crippen LogP contribution in [0.3, 0.4) is 0 Å². The first-order chi connectivity index (χ1) is 8.50. The Morgan fingerprint density at radius 1 is 1.44 bits per heavy atom. The number of amides is 1. The van der Waals surface area contributed by atoms with Crippen LogP contribution in [-0.4, -0.2) is 24.4 Å². The number of hydrogen-bond donors (Lipinski definition) is 0. The number of rotatable bonds is 4. The van der Waals surface area contributed by atoms with Gasteiger partial charge in [-0.15, -0.1) is 0 Å². The molecule has 0 aliphatic heterocycles. The van der Waals surface area contributed by atoms with Crippen molar-refractivity contribution >= 4 is 5.91 Å². The molecular formula is C15H20FNO. The first-order valence-electron chi connectivity index (χ1n) is 6.50. The quantitative estimate of drug-likeness (QED) is 0.803. The summed E-state index contributed by atoms with van der Waals surface area (Å²) in [6.45, 7) is 4.94. The van der Waals surface area contributed by atoms with Gasteiger partial charge in [0.1, 0.15) is 5.82 Å². The van der Waals surface area contributed by atoms with Crippen molar-refractivity contribution in [2.24, 2.45) is 11.8 Å². The highest BCUT2D eigenvalue weighted by Gasteiger charge is 2.46. The minimum atomic E-state index is -0.190. The number of hydrogen-bond acceptors (Lipinski definition) is 1. The van der Waals surface area contributed by atoms with Crippen LogP contribution < -0.4 is 0 Å². The summed E-state index contributed by atoms with van der Waals surface area (Å²) in [6.07, 6.45) is 0.780. The molecule has 1 amide bonds. The number of carbonyl (C=O) groups is 1. The number of carbonyl (C=O) groups excluding carboxylic acids is 1. The molecule has 18 heavy (non-hydrogen) atoms. The first-order valence-corrected chi connectivity index (χ1v) is 6.50. The zero-order valence-electron chi connectivity index (χ0n) is 11.2. The molecule has 2 nitrogen and oxygen atoms in total. The molecule has 2 unspecified atom stereocenters. The van der Waals surface area contributed by atoms with Crippen molar-refractivity contribution in [3.8, 4) is 0 Å². The van der Waals surface area contributed by atoms with Gasteiger partial charge in [0.15, 0.2) is 0 Å². The summed E-state index contributed by atoms with van der Waals surface area (Å²) in [5.74, 6) is 0.477. The van der Waals surface area contributed by atoms with Crippen LogP contribution in [0.1, 0.15) is 31.7 Å². The van der Waals surface area contributed by atoms with Gasteiger partial charge in [-0.25, -0.2) is 4.39 Å². The minimum Gasteiger partial charge on any atom is -0.345 e. The largest absolute Gasteiger partial charge is 0.345 e. The summed E-state index contributed by atoms with van der Waals surface area (Å²) in [5.41, 5.74) is 0.689. The molecule has 0 heterocycles. The minimum absolute atomic E-state index is 0.0225. The second-order valence-electron chi connectivity index (χ2n) is 5.58. The summed E-state index contributed by atoms with van der Waals surface area (Å²) in [7, 11) is 1.83. The van der Waals surface area contributed by atoms with Gasteiger partial charge < -0.3 is 4.90 Å². The van der Waals surface area contributed by atoms with Gasteiger partial charge in [0.05, 0.1) is 0 Å². The molecular weight excluding hydrogens is 229 g/mol. The van der Waals surface area contributed by atoms with E-state index in [9.17, 15) is 9.18 Å². The SMILES string of the molecule is CC(C)CN(C)C(=O)C1CC1c1ccccc1F. The molecule has 3 heteroatoms.